The van der Waals surface area contributed by atoms with Crippen LogP contribution in [0.2, 0.25) is 0 Å². The fourth-order valence-electron chi connectivity index (χ4n) is 4.24. The van der Waals surface area contributed by atoms with Gasteiger partial charge in [0.25, 0.3) is 15.6 Å². The van der Waals surface area contributed by atoms with Crippen molar-refractivity contribution in [3.63, 3.8) is 0 Å². The molecular formula is C20H23N3O5S. The zero-order valence-corrected chi connectivity index (χ0v) is 17.1. The summed E-state index contributed by atoms with van der Waals surface area (Å²) in [6.45, 7) is 3.25. The van der Waals surface area contributed by atoms with E-state index in [0.717, 1.165) is 12.1 Å². The van der Waals surface area contributed by atoms with E-state index in [1.165, 1.54) is 25.3 Å². The molecule has 1 saturated heterocycles. The number of aromatic nitrogens is 1. The molecule has 1 fully saturated rings. The first-order valence-corrected chi connectivity index (χ1v) is 10.9. The topological polar surface area (TPSA) is 97.7 Å². The van der Waals surface area contributed by atoms with Gasteiger partial charge >= 0.3 is 0 Å². The van der Waals surface area contributed by atoms with E-state index in [2.05, 4.69) is 4.72 Å². The fourth-order valence-corrected chi connectivity index (χ4v) is 5.30. The van der Waals surface area contributed by atoms with E-state index in [1.54, 1.807) is 29.7 Å². The highest BCUT2D eigenvalue weighted by atomic mass is 32.2. The quantitative estimate of drug-likeness (QED) is 0.815. The lowest BCUT2D eigenvalue weighted by atomic mass is 9.83. The fraction of sp³-hybridized carbons (Fsp3) is 0.400. The molecule has 0 saturated carbocycles. The van der Waals surface area contributed by atoms with Gasteiger partial charge in [0.1, 0.15) is 11.4 Å². The molecular weight excluding hydrogens is 394 g/mol. The lowest BCUT2D eigenvalue weighted by Crippen LogP contribution is -2.48. The second kappa shape index (κ2) is 7.22. The van der Waals surface area contributed by atoms with E-state index in [-0.39, 0.29) is 33.9 Å². The van der Waals surface area contributed by atoms with Crippen LogP contribution in [0.15, 0.2) is 46.1 Å². The van der Waals surface area contributed by atoms with E-state index >= 15 is 0 Å². The molecule has 3 heterocycles. The number of piperidine rings is 1. The normalized spacial score (nSPS) is 20.7. The van der Waals surface area contributed by atoms with Crippen molar-refractivity contribution < 1.29 is 17.9 Å². The zero-order chi connectivity index (χ0) is 20.8. The van der Waals surface area contributed by atoms with Crippen LogP contribution in [-0.4, -0.2) is 44.0 Å². The predicted octanol–water partition coefficient (Wildman–Crippen LogP) is 1.62. The summed E-state index contributed by atoms with van der Waals surface area (Å²) >= 11 is 0. The van der Waals surface area contributed by atoms with Crippen LogP contribution in [0.25, 0.3) is 0 Å². The third-order valence-corrected chi connectivity index (χ3v) is 7.05. The minimum absolute atomic E-state index is 0.0213. The van der Waals surface area contributed by atoms with Gasteiger partial charge in [0.05, 0.1) is 12.0 Å². The average molecular weight is 417 g/mol. The second-order valence-corrected chi connectivity index (χ2v) is 9.27. The van der Waals surface area contributed by atoms with Crippen LogP contribution in [0.1, 0.15) is 25.0 Å². The maximum absolute atomic E-state index is 13.0. The molecule has 2 atom stereocenters. The number of carbonyl (C=O) groups excluding carboxylic acids is 1. The van der Waals surface area contributed by atoms with Gasteiger partial charge in [0, 0.05) is 38.2 Å². The lowest BCUT2D eigenvalue weighted by molar-refractivity contribution is -0.131. The van der Waals surface area contributed by atoms with Crippen molar-refractivity contribution in [2.75, 3.05) is 24.9 Å². The number of hydrogen-bond acceptors (Lipinski definition) is 5. The van der Waals surface area contributed by atoms with Crippen LogP contribution in [-0.2, 0) is 21.4 Å². The number of pyridine rings is 1. The molecule has 2 aliphatic heterocycles. The van der Waals surface area contributed by atoms with Crippen LogP contribution in [0.3, 0.4) is 0 Å². The van der Waals surface area contributed by atoms with E-state index in [0.29, 0.717) is 25.4 Å². The Morgan fingerprint density at radius 1 is 1.10 bits per heavy atom. The number of carbonyl (C=O) groups is 1. The van der Waals surface area contributed by atoms with Crippen LogP contribution < -0.4 is 15.0 Å². The van der Waals surface area contributed by atoms with Crippen LogP contribution in [0.5, 0.6) is 5.75 Å². The number of anilines is 1. The molecule has 1 aromatic carbocycles. The molecule has 8 nitrogen and oxygen atoms in total. The Bertz CT molecular complexity index is 1110. The molecule has 29 heavy (non-hydrogen) atoms. The van der Waals surface area contributed by atoms with Gasteiger partial charge in [0.15, 0.2) is 0 Å². The van der Waals surface area contributed by atoms with Crippen LogP contribution >= 0.6 is 0 Å². The number of nitrogens with zero attached hydrogens (tertiary/aromatic N) is 2. The second-order valence-electron chi connectivity index (χ2n) is 7.59. The summed E-state index contributed by atoms with van der Waals surface area (Å²) in [7, 11) is -2.40. The lowest BCUT2D eigenvalue weighted by Gasteiger charge is -2.42. The highest BCUT2D eigenvalue weighted by Gasteiger charge is 2.36. The maximum Gasteiger partial charge on any atom is 0.275 e. The Balaban J connectivity index is 1.63. The van der Waals surface area contributed by atoms with Gasteiger partial charge in [-0.2, -0.15) is 0 Å². The standard InChI is InChI=1S/C20H23N3O5S/c1-13(24)22-10-14-9-15(12-22)19-8-7-18(20(25)23(19)11-14)21-29(26,27)17-5-3-16(28-2)4-6-17/h3-8,14-15,21H,9-12H2,1-2H3/t14-,15-/m1/s1. The van der Waals surface area contributed by atoms with E-state index in [9.17, 15) is 18.0 Å². The first-order valence-electron chi connectivity index (χ1n) is 9.44. The molecule has 2 bridgehead atoms. The predicted molar refractivity (Wildman–Crippen MR) is 108 cm³/mol. The Morgan fingerprint density at radius 2 is 1.83 bits per heavy atom. The number of methoxy groups -OCH3 is 1. The molecule has 0 aliphatic carbocycles. The average Bonchev–Trinajstić information content (AvgIpc) is 2.70. The van der Waals surface area contributed by atoms with Gasteiger partial charge in [-0.1, -0.05) is 0 Å². The van der Waals surface area contributed by atoms with Crippen molar-refractivity contribution in [1.29, 1.82) is 0 Å². The number of nitrogens with one attached hydrogen (secondary N) is 1. The third-order valence-electron chi connectivity index (χ3n) is 5.66. The molecule has 2 aliphatic rings. The van der Waals surface area contributed by atoms with Gasteiger partial charge in [-0.05, 0) is 48.7 Å². The summed E-state index contributed by atoms with van der Waals surface area (Å²) < 4.78 is 34.5. The van der Waals surface area contributed by atoms with Crippen LogP contribution in [0, 0.1) is 5.92 Å². The molecule has 0 unspecified atom stereocenters. The number of fused-ring (bicyclic) bond motifs is 4. The third kappa shape index (κ3) is 3.62. The number of likely N-dealkylation sites (tertiary alicyclic amines) is 1. The number of ether oxygens (including phenoxy) is 1. The van der Waals surface area contributed by atoms with Crippen molar-refractivity contribution >= 4 is 21.6 Å². The van der Waals surface area contributed by atoms with Gasteiger partial charge in [-0.25, -0.2) is 8.42 Å². The number of benzene rings is 1. The molecule has 4 rings (SSSR count). The smallest absolute Gasteiger partial charge is 0.275 e. The Kier molecular flexibility index (Phi) is 4.85. The molecule has 9 heteroatoms. The minimum atomic E-state index is -3.90. The number of amides is 1. The summed E-state index contributed by atoms with van der Waals surface area (Å²) in [5, 5.41) is 0. The largest absolute Gasteiger partial charge is 0.497 e. The number of sulfonamides is 1. The molecule has 1 N–H and O–H groups in total. The molecule has 1 amide bonds. The summed E-state index contributed by atoms with van der Waals surface area (Å²) in [4.78, 5) is 26.6. The highest BCUT2D eigenvalue weighted by Crippen LogP contribution is 2.35. The van der Waals surface area contributed by atoms with Crippen molar-refractivity contribution in [2.45, 2.75) is 30.7 Å². The van der Waals surface area contributed by atoms with Crippen molar-refractivity contribution in [3.8, 4) is 5.75 Å². The molecule has 0 radical (unpaired) electrons. The van der Waals surface area contributed by atoms with E-state index in [1.807, 2.05) is 4.90 Å². The first-order chi connectivity index (χ1) is 13.8. The zero-order valence-electron chi connectivity index (χ0n) is 16.3. The Morgan fingerprint density at radius 3 is 2.48 bits per heavy atom. The Labute approximate surface area is 169 Å². The molecule has 2 aromatic rings. The summed E-state index contributed by atoms with van der Waals surface area (Å²) in [5.41, 5.74) is 0.517. The van der Waals surface area contributed by atoms with Gasteiger partial charge < -0.3 is 14.2 Å². The summed E-state index contributed by atoms with van der Waals surface area (Å²) in [6.07, 6.45) is 0.931. The van der Waals surface area contributed by atoms with Crippen molar-refractivity contribution in [1.82, 2.24) is 9.47 Å². The SMILES string of the molecule is COc1ccc(S(=O)(=O)Nc2ccc3n(c2=O)C[C@@H]2C[C@@H]3CN(C(C)=O)C2)cc1. The first kappa shape index (κ1) is 19.5. The van der Waals surface area contributed by atoms with Crippen molar-refractivity contribution in [3.05, 3.63) is 52.4 Å². The van der Waals surface area contributed by atoms with Gasteiger partial charge in [0.2, 0.25) is 5.91 Å². The minimum Gasteiger partial charge on any atom is -0.497 e. The van der Waals surface area contributed by atoms with Crippen molar-refractivity contribution in [2.24, 2.45) is 5.92 Å². The maximum atomic E-state index is 13.0. The molecule has 0 spiro atoms. The van der Waals surface area contributed by atoms with E-state index in [4.69, 9.17) is 4.74 Å². The van der Waals surface area contributed by atoms with Gasteiger partial charge in [-0.15, -0.1) is 0 Å². The van der Waals surface area contributed by atoms with E-state index < -0.39 is 10.0 Å². The number of hydrogen-bond donors (Lipinski definition) is 1. The highest BCUT2D eigenvalue weighted by molar-refractivity contribution is 7.92. The molecule has 154 valence electrons. The Hall–Kier alpha value is -2.81. The molecule has 1 aromatic heterocycles. The summed E-state index contributed by atoms with van der Waals surface area (Å²) in [6, 6.07) is 9.27. The monoisotopic (exact) mass is 417 g/mol. The number of rotatable bonds is 4. The summed E-state index contributed by atoms with van der Waals surface area (Å²) in [5.74, 6) is 0.867. The van der Waals surface area contributed by atoms with Gasteiger partial charge in [-0.3, -0.25) is 14.3 Å². The van der Waals surface area contributed by atoms with Crippen LogP contribution in [0.4, 0.5) is 5.69 Å².